The van der Waals surface area contributed by atoms with Crippen LogP contribution in [0.4, 0.5) is 5.82 Å². The fraction of sp³-hybridized carbons (Fsp3) is 0.524. The van der Waals surface area contributed by atoms with E-state index in [4.69, 9.17) is 16.6 Å². The summed E-state index contributed by atoms with van der Waals surface area (Å²) in [5, 5.41) is 5.14. The SMILES string of the molecule is CSc1nc(Cl)c(-c2ccccc2)c(NC2C3CC4CC(C3)CC2C4)n1. The molecule has 6 rings (SSSR count). The molecule has 136 valence electrons. The van der Waals surface area contributed by atoms with Crippen molar-refractivity contribution in [3.05, 3.63) is 35.5 Å². The molecule has 4 aliphatic carbocycles. The summed E-state index contributed by atoms with van der Waals surface area (Å²) >= 11 is 8.16. The molecule has 3 nitrogen and oxygen atoms in total. The summed E-state index contributed by atoms with van der Waals surface area (Å²) in [6.07, 6.45) is 9.03. The number of nitrogens with one attached hydrogen (secondary N) is 1. The molecule has 1 N–H and O–H groups in total. The van der Waals surface area contributed by atoms with E-state index in [0.717, 1.165) is 45.8 Å². The molecule has 4 aliphatic rings. The quantitative estimate of drug-likeness (QED) is 0.412. The normalized spacial score (nSPS) is 32.0. The summed E-state index contributed by atoms with van der Waals surface area (Å²) in [6.45, 7) is 0. The number of aromatic nitrogens is 2. The third-order valence-corrected chi connectivity index (χ3v) is 7.44. The average Bonchev–Trinajstić information content (AvgIpc) is 2.64. The molecule has 1 aromatic carbocycles. The van der Waals surface area contributed by atoms with Gasteiger partial charge in [0.05, 0.1) is 5.56 Å². The first-order chi connectivity index (χ1) is 12.7. The van der Waals surface area contributed by atoms with Crippen molar-refractivity contribution in [3.8, 4) is 11.1 Å². The maximum Gasteiger partial charge on any atom is 0.190 e. The lowest BCUT2D eigenvalue weighted by Gasteiger charge is -2.54. The van der Waals surface area contributed by atoms with Gasteiger partial charge in [0.2, 0.25) is 0 Å². The van der Waals surface area contributed by atoms with Gasteiger partial charge in [-0.3, -0.25) is 0 Å². The van der Waals surface area contributed by atoms with Crippen molar-refractivity contribution in [3.63, 3.8) is 0 Å². The number of rotatable bonds is 4. The first-order valence-electron chi connectivity index (χ1n) is 9.64. The highest BCUT2D eigenvalue weighted by atomic mass is 35.5. The Morgan fingerprint density at radius 2 is 1.62 bits per heavy atom. The van der Waals surface area contributed by atoms with E-state index in [-0.39, 0.29) is 0 Å². The molecule has 0 saturated heterocycles. The Kier molecular flexibility index (Phi) is 4.36. The minimum absolute atomic E-state index is 0.533. The highest BCUT2D eigenvalue weighted by molar-refractivity contribution is 7.98. The summed E-state index contributed by atoms with van der Waals surface area (Å²) in [5.41, 5.74) is 2.02. The van der Waals surface area contributed by atoms with Crippen LogP contribution in [-0.2, 0) is 0 Å². The largest absolute Gasteiger partial charge is 0.366 e. The van der Waals surface area contributed by atoms with Crippen LogP contribution in [0.25, 0.3) is 11.1 Å². The second-order valence-corrected chi connectivity index (χ2v) is 9.32. The fourth-order valence-corrected chi connectivity index (χ4v) is 6.48. The van der Waals surface area contributed by atoms with Crippen LogP contribution in [0, 0.1) is 23.7 Å². The Morgan fingerprint density at radius 1 is 0.962 bits per heavy atom. The molecule has 5 heteroatoms. The van der Waals surface area contributed by atoms with E-state index < -0.39 is 0 Å². The zero-order valence-electron chi connectivity index (χ0n) is 15.0. The lowest BCUT2D eigenvalue weighted by atomic mass is 9.54. The summed E-state index contributed by atoms with van der Waals surface area (Å²) in [5.74, 6) is 4.44. The molecule has 0 aliphatic heterocycles. The maximum atomic E-state index is 6.61. The summed E-state index contributed by atoms with van der Waals surface area (Å²) in [4.78, 5) is 9.33. The van der Waals surface area contributed by atoms with Gasteiger partial charge in [0, 0.05) is 6.04 Å². The van der Waals surface area contributed by atoms with E-state index in [1.807, 2.05) is 24.5 Å². The number of hydrogen-bond donors (Lipinski definition) is 1. The number of thioether (sulfide) groups is 1. The Bertz CT molecular complexity index is 782. The van der Waals surface area contributed by atoms with E-state index in [9.17, 15) is 0 Å². The molecule has 1 heterocycles. The first-order valence-corrected chi connectivity index (χ1v) is 11.2. The van der Waals surface area contributed by atoms with Crippen molar-refractivity contribution < 1.29 is 0 Å². The van der Waals surface area contributed by atoms with Gasteiger partial charge in [0.15, 0.2) is 5.16 Å². The van der Waals surface area contributed by atoms with Crippen molar-refractivity contribution >= 4 is 29.2 Å². The fourth-order valence-electron chi connectivity index (χ4n) is 5.79. The minimum atomic E-state index is 0.533. The number of nitrogens with zero attached hydrogens (tertiary/aromatic N) is 2. The molecule has 4 saturated carbocycles. The molecular formula is C21H24ClN3S. The Labute approximate surface area is 164 Å². The van der Waals surface area contributed by atoms with Crippen molar-refractivity contribution in [1.29, 1.82) is 0 Å². The standard InChI is InChI=1S/C21H24ClN3S/c1-26-21-24-19(22)17(14-5-3-2-4-6-14)20(25-21)23-18-15-8-12-7-13(10-15)11-16(18)9-12/h2-6,12-13,15-16,18H,7-11H2,1H3,(H,23,24,25). The van der Waals surface area contributed by atoms with Gasteiger partial charge >= 0.3 is 0 Å². The number of hydrogen-bond acceptors (Lipinski definition) is 4. The molecule has 0 spiro atoms. The van der Waals surface area contributed by atoms with Crippen LogP contribution in [0.2, 0.25) is 5.15 Å². The van der Waals surface area contributed by atoms with Crippen LogP contribution in [0.15, 0.2) is 35.5 Å². The van der Waals surface area contributed by atoms with E-state index >= 15 is 0 Å². The van der Waals surface area contributed by atoms with Gasteiger partial charge in [0.1, 0.15) is 11.0 Å². The van der Waals surface area contributed by atoms with Crippen molar-refractivity contribution in [2.75, 3.05) is 11.6 Å². The minimum Gasteiger partial charge on any atom is -0.366 e. The predicted molar refractivity (Wildman–Crippen MR) is 109 cm³/mol. The average molecular weight is 386 g/mol. The van der Waals surface area contributed by atoms with E-state index in [2.05, 4.69) is 22.4 Å². The lowest BCUT2D eigenvalue weighted by molar-refractivity contribution is 0.00741. The van der Waals surface area contributed by atoms with Crippen LogP contribution in [0.5, 0.6) is 0 Å². The molecule has 0 atom stereocenters. The molecule has 26 heavy (non-hydrogen) atoms. The topological polar surface area (TPSA) is 37.8 Å². The lowest BCUT2D eigenvalue weighted by Crippen LogP contribution is -2.51. The Balaban J connectivity index is 1.53. The van der Waals surface area contributed by atoms with Crippen LogP contribution in [0.3, 0.4) is 0 Å². The van der Waals surface area contributed by atoms with Crippen LogP contribution >= 0.6 is 23.4 Å². The number of benzene rings is 1. The summed E-state index contributed by atoms with van der Waals surface area (Å²) in [7, 11) is 0. The van der Waals surface area contributed by atoms with E-state index in [1.165, 1.54) is 32.1 Å². The molecule has 0 amide bonds. The third kappa shape index (κ3) is 2.91. The molecule has 4 bridgehead atoms. The molecular weight excluding hydrogens is 362 g/mol. The smallest absolute Gasteiger partial charge is 0.190 e. The van der Waals surface area contributed by atoms with E-state index in [1.54, 1.807) is 11.8 Å². The van der Waals surface area contributed by atoms with Crippen LogP contribution in [0.1, 0.15) is 32.1 Å². The van der Waals surface area contributed by atoms with Crippen LogP contribution in [-0.4, -0.2) is 22.3 Å². The van der Waals surface area contributed by atoms with Crippen molar-refractivity contribution in [1.82, 2.24) is 9.97 Å². The van der Waals surface area contributed by atoms with Gasteiger partial charge < -0.3 is 5.32 Å². The van der Waals surface area contributed by atoms with Gasteiger partial charge in [-0.15, -0.1) is 0 Å². The monoisotopic (exact) mass is 385 g/mol. The van der Waals surface area contributed by atoms with Crippen LogP contribution < -0.4 is 5.32 Å². The Morgan fingerprint density at radius 3 is 2.23 bits per heavy atom. The molecule has 0 radical (unpaired) electrons. The second kappa shape index (κ2) is 6.72. The van der Waals surface area contributed by atoms with E-state index in [0.29, 0.717) is 11.2 Å². The number of anilines is 1. The van der Waals surface area contributed by atoms with Crippen molar-refractivity contribution in [2.45, 2.75) is 43.3 Å². The third-order valence-electron chi connectivity index (χ3n) is 6.62. The molecule has 0 unspecified atom stereocenters. The molecule has 1 aromatic heterocycles. The molecule has 2 aromatic rings. The predicted octanol–water partition coefficient (Wildman–Crippen LogP) is 5.76. The molecule has 4 fully saturated rings. The Hall–Kier alpha value is -1.26. The highest BCUT2D eigenvalue weighted by Gasteiger charge is 2.48. The maximum absolute atomic E-state index is 6.61. The van der Waals surface area contributed by atoms with Crippen molar-refractivity contribution in [2.24, 2.45) is 23.7 Å². The van der Waals surface area contributed by atoms with Gasteiger partial charge in [-0.25, -0.2) is 9.97 Å². The van der Waals surface area contributed by atoms with Gasteiger partial charge in [-0.2, -0.15) is 0 Å². The second-order valence-electron chi connectivity index (χ2n) is 8.19. The highest BCUT2D eigenvalue weighted by Crippen LogP contribution is 2.54. The van der Waals surface area contributed by atoms with Gasteiger partial charge in [-0.1, -0.05) is 53.7 Å². The summed E-state index contributed by atoms with van der Waals surface area (Å²) < 4.78 is 0. The zero-order valence-corrected chi connectivity index (χ0v) is 16.6. The van der Waals surface area contributed by atoms with Gasteiger partial charge in [-0.05, 0) is 67.6 Å². The summed E-state index contributed by atoms with van der Waals surface area (Å²) in [6, 6.07) is 10.8. The first kappa shape index (κ1) is 16.9. The number of halogens is 1. The zero-order chi connectivity index (χ0) is 17.7. The van der Waals surface area contributed by atoms with Gasteiger partial charge in [0.25, 0.3) is 0 Å².